The third kappa shape index (κ3) is 2.83. The number of halogens is 1. The summed E-state index contributed by atoms with van der Waals surface area (Å²) < 4.78 is 0. The van der Waals surface area contributed by atoms with Crippen LogP contribution in [0.2, 0.25) is 5.02 Å². The lowest BCUT2D eigenvalue weighted by Crippen LogP contribution is -2.30. The maximum absolute atomic E-state index is 12.6. The number of para-hydroxylation sites is 1. The summed E-state index contributed by atoms with van der Waals surface area (Å²) in [5.74, 6) is -0.849. The zero-order valence-corrected chi connectivity index (χ0v) is 12.8. The van der Waals surface area contributed by atoms with E-state index in [1.807, 2.05) is 31.2 Å². The van der Waals surface area contributed by atoms with Crippen LogP contribution in [0.4, 0.5) is 11.4 Å². The molecule has 1 unspecified atom stereocenters. The lowest BCUT2D eigenvalue weighted by Gasteiger charge is -2.25. The van der Waals surface area contributed by atoms with Crippen molar-refractivity contribution in [1.29, 1.82) is 0 Å². The number of fused-ring (bicyclic) bond motifs is 1. The fourth-order valence-corrected chi connectivity index (χ4v) is 2.77. The largest absolute Gasteiger partial charge is 0.326 e. The van der Waals surface area contributed by atoms with Gasteiger partial charge in [0.2, 0.25) is 11.8 Å². The van der Waals surface area contributed by atoms with Crippen LogP contribution in [0, 0.1) is 6.92 Å². The zero-order chi connectivity index (χ0) is 15.7. The van der Waals surface area contributed by atoms with Gasteiger partial charge in [-0.1, -0.05) is 35.9 Å². The summed E-state index contributed by atoms with van der Waals surface area (Å²) in [4.78, 5) is 24.4. The Balaban J connectivity index is 1.89. The number of rotatable bonds is 2. The van der Waals surface area contributed by atoms with Gasteiger partial charge in [0.05, 0.1) is 5.92 Å². The van der Waals surface area contributed by atoms with E-state index in [-0.39, 0.29) is 18.2 Å². The molecule has 1 aliphatic rings. The highest BCUT2D eigenvalue weighted by molar-refractivity contribution is 6.31. The van der Waals surface area contributed by atoms with Crippen molar-refractivity contribution in [2.75, 3.05) is 10.6 Å². The first-order valence-corrected chi connectivity index (χ1v) is 7.38. The molecule has 0 saturated carbocycles. The summed E-state index contributed by atoms with van der Waals surface area (Å²) in [7, 11) is 0. The van der Waals surface area contributed by atoms with Crippen molar-refractivity contribution < 1.29 is 9.59 Å². The van der Waals surface area contributed by atoms with Crippen LogP contribution in [0.3, 0.4) is 0 Å². The lowest BCUT2D eigenvalue weighted by molar-refractivity contribution is -0.123. The summed E-state index contributed by atoms with van der Waals surface area (Å²) in [6, 6.07) is 12.7. The Hall–Kier alpha value is -2.33. The van der Waals surface area contributed by atoms with Crippen LogP contribution in [-0.2, 0) is 9.59 Å². The van der Waals surface area contributed by atoms with Crippen LogP contribution in [-0.4, -0.2) is 11.8 Å². The summed E-state index contributed by atoms with van der Waals surface area (Å²) in [6.07, 6.45) is 0.141. The number of anilines is 2. The Morgan fingerprint density at radius 2 is 2.05 bits per heavy atom. The Morgan fingerprint density at radius 3 is 2.86 bits per heavy atom. The Morgan fingerprint density at radius 1 is 1.27 bits per heavy atom. The molecule has 1 heterocycles. The second-order valence-corrected chi connectivity index (χ2v) is 5.78. The number of amides is 2. The van der Waals surface area contributed by atoms with Crippen molar-refractivity contribution in [2.45, 2.75) is 19.3 Å². The first-order valence-electron chi connectivity index (χ1n) is 7.00. The summed E-state index contributed by atoms with van der Waals surface area (Å²) in [5.41, 5.74) is 3.12. The third-order valence-electron chi connectivity index (χ3n) is 3.77. The van der Waals surface area contributed by atoms with E-state index in [4.69, 9.17) is 11.6 Å². The van der Waals surface area contributed by atoms with Crippen molar-refractivity contribution in [3.8, 4) is 0 Å². The van der Waals surface area contributed by atoms with Crippen molar-refractivity contribution in [3.63, 3.8) is 0 Å². The van der Waals surface area contributed by atoms with Crippen molar-refractivity contribution in [1.82, 2.24) is 0 Å². The molecule has 2 amide bonds. The van der Waals surface area contributed by atoms with E-state index in [1.165, 1.54) is 0 Å². The normalized spacial score (nSPS) is 16.6. The quantitative estimate of drug-likeness (QED) is 0.887. The highest BCUT2D eigenvalue weighted by atomic mass is 35.5. The van der Waals surface area contributed by atoms with Gasteiger partial charge in [-0.15, -0.1) is 0 Å². The van der Waals surface area contributed by atoms with Gasteiger partial charge in [0.1, 0.15) is 0 Å². The maximum atomic E-state index is 12.6. The molecule has 0 radical (unpaired) electrons. The molecular weight excluding hydrogens is 300 g/mol. The molecule has 2 aromatic rings. The molecule has 2 N–H and O–H groups in total. The SMILES string of the molecule is Cc1ccc(Cl)cc1NC(=O)C1CC(=O)Nc2ccccc21. The number of carbonyl (C=O) groups is 2. The van der Waals surface area contributed by atoms with E-state index >= 15 is 0 Å². The van der Waals surface area contributed by atoms with Gasteiger partial charge in [-0.2, -0.15) is 0 Å². The van der Waals surface area contributed by atoms with Gasteiger partial charge in [0, 0.05) is 22.8 Å². The van der Waals surface area contributed by atoms with Gasteiger partial charge in [-0.25, -0.2) is 0 Å². The van der Waals surface area contributed by atoms with Crippen LogP contribution in [0.5, 0.6) is 0 Å². The molecule has 0 spiro atoms. The van der Waals surface area contributed by atoms with Crippen LogP contribution in [0.1, 0.15) is 23.5 Å². The second-order valence-electron chi connectivity index (χ2n) is 5.34. The minimum absolute atomic E-state index is 0.141. The van der Waals surface area contributed by atoms with E-state index in [0.29, 0.717) is 16.4 Å². The predicted octanol–water partition coefficient (Wildman–Crippen LogP) is 3.71. The lowest BCUT2D eigenvalue weighted by atomic mass is 9.89. The zero-order valence-electron chi connectivity index (χ0n) is 12.0. The second kappa shape index (κ2) is 5.81. The fraction of sp³-hybridized carbons (Fsp3) is 0.176. The molecule has 22 heavy (non-hydrogen) atoms. The molecule has 112 valence electrons. The standard InChI is InChI=1S/C17H15ClN2O2/c1-10-6-7-11(18)8-15(10)20-17(22)13-9-16(21)19-14-5-3-2-4-12(13)14/h2-8,13H,9H2,1H3,(H,19,21)(H,20,22). The molecule has 1 aliphatic heterocycles. The first kappa shape index (κ1) is 14.6. The van der Waals surface area contributed by atoms with E-state index in [1.54, 1.807) is 18.2 Å². The maximum Gasteiger partial charge on any atom is 0.232 e. The smallest absolute Gasteiger partial charge is 0.232 e. The molecule has 0 aromatic heterocycles. The van der Waals surface area contributed by atoms with Gasteiger partial charge in [0.15, 0.2) is 0 Å². The van der Waals surface area contributed by atoms with E-state index < -0.39 is 5.92 Å². The third-order valence-corrected chi connectivity index (χ3v) is 4.01. The van der Waals surface area contributed by atoms with Crippen LogP contribution >= 0.6 is 11.6 Å². The topological polar surface area (TPSA) is 58.2 Å². The van der Waals surface area contributed by atoms with Crippen LogP contribution in [0.15, 0.2) is 42.5 Å². The van der Waals surface area contributed by atoms with Crippen molar-refractivity contribution in [2.24, 2.45) is 0 Å². The van der Waals surface area contributed by atoms with Gasteiger partial charge in [-0.3, -0.25) is 9.59 Å². The first-order chi connectivity index (χ1) is 10.5. The molecule has 0 bridgehead atoms. The van der Waals surface area contributed by atoms with Gasteiger partial charge in [0.25, 0.3) is 0 Å². The Labute approximate surface area is 133 Å². The molecular formula is C17H15ClN2O2. The summed E-state index contributed by atoms with van der Waals surface area (Å²) >= 11 is 5.97. The number of hydrogen-bond acceptors (Lipinski definition) is 2. The molecule has 0 fully saturated rings. The molecule has 3 rings (SSSR count). The molecule has 0 aliphatic carbocycles. The molecule has 2 aromatic carbocycles. The van der Waals surface area contributed by atoms with Crippen molar-refractivity contribution >= 4 is 34.8 Å². The van der Waals surface area contributed by atoms with Crippen LogP contribution < -0.4 is 10.6 Å². The monoisotopic (exact) mass is 314 g/mol. The number of hydrogen-bond donors (Lipinski definition) is 2. The van der Waals surface area contributed by atoms with E-state index in [0.717, 1.165) is 11.1 Å². The number of nitrogens with one attached hydrogen (secondary N) is 2. The Kier molecular flexibility index (Phi) is 3.86. The van der Waals surface area contributed by atoms with Gasteiger partial charge < -0.3 is 10.6 Å². The molecule has 5 heteroatoms. The average molecular weight is 315 g/mol. The predicted molar refractivity (Wildman–Crippen MR) is 87.2 cm³/mol. The molecule has 4 nitrogen and oxygen atoms in total. The van der Waals surface area contributed by atoms with E-state index in [9.17, 15) is 9.59 Å². The van der Waals surface area contributed by atoms with E-state index in [2.05, 4.69) is 10.6 Å². The minimum Gasteiger partial charge on any atom is -0.326 e. The van der Waals surface area contributed by atoms with Gasteiger partial charge >= 0.3 is 0 Å². The highest BCUT2D eigenvalue weighted by Gasteiger charge is 2.30. The molecule has 1 atom stereocenters. The van der Waals surface area contributed by atoms with Crippen LogP contribution in [0.25, 0.3) is 0 Å². The Bertz CT molecular complexity index is 758. The summed E-state index contributed by atoms with van der Waals surface area (Å²) in [5, 5.41) is 6.23. The molecule has 0 saturated heterocycles. The van der Waals surface area contributed by atoms with Crippen molar-refractivity contribution in [3.05, 3.63) is 58.6 Å². The number of aryl methyl sites for hydroxylation is 1. The minimum atomic E-state index is -0.497. The fourth-order valence-electron chi connectivity index (χ4n) is 2.59. The summed E-state index contributed by atoms with van der Waals surface area (Å²) in [6.45, 7) is 1.90. The average Bonchev–Trinajstić information content (AvgIpc) is 2.50. The number of carbonyl (C=O) groups excluding carboxylic acids is 2. The van der Waals surface area contributed by atoms with Gasteiger partial charge in [-0.05, 0) is 36.2 Å². The highest BCUT2D eigenvalue weighted by Crippen LogP contribution is 2.33. The number of benzene rings is 2.